The third kappa shape index (κ3) is 4.99. The predicted octanol–water partition coefficient (Wildman–Crippen LogP) is 2.55. The maximum atomic E-state index is 4.37. The molecule has 114 valence electrons. The number of nitrogens with one attached hydrogen (secondary N) is 1. The molecule has 0 unspecified atom stereocenters. The van der Waals surface area contributed by atoms with E-state index in [0.29, 0.717) is 6.04 Å². The van der Waals surface area contributed by atoms with Crippen LogP contribution in [-0.4, -0.2) is 27.5 Å². The first-order valence-electron chi connectivity index (χ1n) is 7.50. The van der Waals surface area contributed by atoms with Gasteiger partial charge in [-0.2, -0.15) is 0 Å². The number of hydrogen-bond donors (Lipinski definition) is 1. The second-order valence-corrected chi connectivity index (χ2v) is 5.98. The van der Waals surface area contributed by atoms with E-state index in [4.69, 9.17) is 0 Å². The minimum absolute atomic E-state index is 0.522. The number of aryl methyl sites for hydroxylation is 1. The molecule has 1 aromatic heterocycles. The number of benzene rings is 1. The molecule has 21 heavy (non-hydrogen) atoms. The molecule has 0 bridgehead atoms. The molecule has 0 radical (unpaired) electrons. The molecular formula is C17H26N4. The summed E-state index contributed by atoms with van der Waals surface area (Å²) in [5.41, 5.74) is 2.67. The van der Waals surface area contributed by atoms with Gasteiger partial charge in [0.1, 0.15) is 5.82 Å². The molecular weight excluding hydrogens is 260 g/mol. The molecule has 1 heterocycles. The molecule has 0 atom stereocenters. The van der Waals surface area contributed by atoms with Crippen molar-refractivity contribution in [3.63, 3.8) is 0 Å². The van der Waals surface area contributed by atoms with Crippen molar-refractivity contribution in [1.82, 2.24) is 19.8 Å². The molecule has 4 nitrogen and oxygen atoms in total. The summed E-state index contributed by atoms with van der Waals surface area (Å²) >= 11 is 0. The fraction of sp³-hybridized carbons (Fsp3) is 0.471. The Hall–Kier alpha value is -1.65. The highest BCUT2D eigenvalue weighted by Gasteiger charge is 2.05. The summed E-state index contributed by atoms with van der Waals surface area (Å²) in [6.07, 6.45) is 3.83. The van der Waals surface area contributed by atoms with Crippen LogP contribution in [0.25, 0.3) is 0 Å². The zero-order valence-electron chi connectivity index (χ0n) is 13.5. The van der Waals surface area contributed by atoms with Crippen molar-refractivity contribution in [2.45, 2.75) is 39.5 Å². The lowest BCUT2D eigenvalue weighted by atomic mass is 10.1. The van der Waals surface area contributed by atoms with E-state index < -0.39 is 0 Å². The molecule has 0 aliphatic heterocycles. The van der Waals surface area contributed by atoms with E-state index in [1.54, 1.807) is 0 Å². The molecule has 0 saturated heterocycles. The molecule has 2 aromatic rings. The van der Waals surface area contributed by atoms with Gasteiger partial charge in [0.2, 0.25) is 0 Å². The summed E-state index contributed by atoms with van der Waals surface area (Å²) < 4.78 is 2.07. The largest absolute Gasteiger partial charge is 0.337 e. The van der Waals surface area contributed by atoms with Crippen molar-refractivity contribution < 1.29 is 0 Å². The minimum Gasteiger partial charge on any atom is -0.337 e. The van der Waals surface area contributed by atoms with Gasteiger partial charge in [0.05, 0.1) is 6.54 Å². The zero-order valence-corrected chi connectivity index (χ0v) is 13.5. The highest BCUT2D eigenvalue weighted by Crippen LogP contribution is 2.09. The SMILES string of the molecule is CC(C)NCc1ccc(CN(C)Cc2nccn2C)cc1. The second kappa shape index (κ2) is 7.38. The summed E-state index contributed by atoms with van der Waals surface area (Å²) in [6, 6.07) is 9.37. The predicted molar refractivity (Wildman–Crippen MR) is 86.8 cm³/mol. The molecule has 0 amide bonds. The van der Waals surface area contributed by atoms with Gasteiger partial charge in [0.15, 0.2) is 0 Å². The van der Waals surface area contributed by atoms with Gasteiger partial charge in [-0.15, -0.1) is 0 Å². The van der Waals surface area contributed by atoms with Crippen LogP contribution < -0.4 is 5.32 Å². The minimum atomic E-state index is 0.522. The highest BCUT2D eigenvalue weighted by atomic mass is 15.1. The molecule has 0 aliphatic carbocycles. The summed E-state index contributed by atoms with van der Waals surface area (Å²) in [4.78, 5) is 6.65. The Morgan fingerprint density at radius 2 is 1.81 bits per heavy atom. The second-order valence-electron chi connectivity index (χ2n) is 5.98. The first-order chi connectivity index (χ1) is 10.0. The summed E-state index contributed by atoms with van der Waals surface area (Å²) in [6.45, 7) is 7.06. The average Bonchev–Trinajstić information content (AvgIpc) is 2.83. The van der Waals surface area contributed by atoms with Crippen LogP contribution in [0.2, 0.25) is 0 Å². The average molecular weight is 286 g/mol. The Morgan fingerprint density at radius 1 is 1.14 bits per heavy atom. The number of hydrogen-bond acceptors (Lipinski definition) is 3. The van der Waals surface area contributed by atoms with Crippen LogP contribution in [0.3, 0.4) is 0 Å². The first kappa shape index (κ1) is 15.7. The van der Waals surface area contributed by atoms with E-state index in [2.05, 4.69) is 64.9 Å². The Labute approximate surface area is 127 Å². The lowest BCUT2D eigenvalue weighted by molar-refractivity contribution is 0.307. The van der Waals surface area contributed by atoms with Gasteiger partial charge in [-0.3, -0.25) is 4.90 Å². The fourth-order valence-electron chi connectivity index (χ4n) is 2.24. The smallest absolute Gasteiger partial charge is 0.122 e. The Balaban J connectivity index is 1.86. The van der Waals surface area contributed by atoms with E-state index in [9.17, 15) is 0 Å². The van der Waals surface area contributed by atoms with Crippen LogP contribution in [0.15, 0.2) is 36.7 Å². The molecule has 0 spiro atoms. The maximum absolute atomic E-state index is 4.37. The Kier molecular flexibility index (Phi) is 5.53. The van der Waals surface area contributed by atoms with Crippen LogP contribution in [0.1, 0.15) is 30.8 Å². The normalized spacial score (nSPS) is 11.5. The Bertz CT molecular complexity index is 542. The van der Waals surface area contributed by atoms with Gasteiger partial charge in [-0.25, -0.2) is 4.98 Å². The molecule has 4 heteroatoms. The van der Waals surface area contributed by atoms with Crippen molar-refractivity contribution in [1.29, 1.82) is 0 Å². The standard InChI is InChI=1S/C17H26N4/c1-14(2)19-11-15-5-7-16(8-6-15)12-20(3)13-17-18-9-10-21(17)4/h5-10,14,19H,11-13H2,1-4H3. The van der Waals surface area contributed by atoms with Crippen LogP contribution >= 0.6 is 0 Å². The first-order valence-corrected chi connectivity index (χ1v) is 7.50. The molecule has 1 aromatic carbocycles. The fourth-order valence-corrected chi connectivity index (χ4v) is 2.24. The molecule has 0 fully saturated rings. The van der Waals surface area contributed by atoms with Crippen LogP contribution in [0.5, 0.6) is 0 Å². The lowest BCUT2D eigenvalue weighted by Crippen LogP contribution is -2.22. The van der Waals surface area contributed by atoms with Crippen molar-refractivity contribution in [3.05, 3.63) is 53.6 Å². The number of imidazole rings is 1. The number of rotatable bonds is 7. The van der Waals surface area contributed by atoms with Crippen molar-refractivity contribution in [2.24, 2.45) is 7.05 Å². The third-order valence-corrected chi connectivity index (χ3v) is 3.52. The van der Waals surface area contributed by atoms with E-state index >= 15 is 0 Å². The van der Waals surface area contributed by atoms with Crippen molar-refractivity contribution in [3.8, 4) is 0 Å². The molecule has 2 rings (SSSR count). The molecule has 1 N–H and O–H groups in total. The van der Waals surface area contributed by atoms with Crippen molar-refractivity contribution >= 4 is 0 Å². The lowest BCUT2D eigenvalue weighted by Gasteiger charge is -2.17. The zero-order chi connectivity index (χ0) is 15.2. The van der Waals surface area contributed by atoms with Gasteiger partial charge >= 0.3 is 0 Å². The van der Waals surface area contributed by atoms with Crippen LogP contribution in [-0.2, 0) is 26.7 Å². The van der Waals surface area contributed by atoms with E-state index in [-0.39, 0.29) is 0 Å². The van der Waals surface area contributed by atoms with Gasteiger partial charge in [-0.05, 0) is 18.2 Å². The van der Waals surface area contributed by atoms with Gasteiger partial charge in [-0.1, -0.05) is 38.1 Å². The van der Waals surface area contributed by atoms with E-state index in [1.807, 2.05) is 19.4 Å². The van der Waals surface area contributed by atoms with Gasteiger partial charge < -0.3 is 9.88 Å². The highest BCUT2D eigenvalue weighted by molar-refractivity contribution is 5.22. The number of aromatic nitrogens is 2. The van der Waals surface area contributed by atoms with Gasteiger partial charge in [0, 0.05) is 38.6 Å². The topological polar surface area (TPSA) is 33.1 Å². The van der Waals surface area contributed by atoms with E-state index in [1.165, 1.54) is 11.1 Å². The number of nitrogens with zero attached hydrogens (tertiary/aromatic N) is 3. The molecule has 0 saturated carbocycles. The monoisotopic (exact) mass is 286 g/mol. The summed E-state index contributed by atoms with van der Waals surface area (Å²) in [5.74, 6) is 1.09. The quantitative estimate of drug-likeness (QED) is 0.849. The maximum Gasteiger partial charge on any atom is 0.122 e. The third-order valence-electron chi connectivity index (χ3n) is 3.52. The Morgan fingerprint density at radius 3 is 2.38 bits per heavy atom. The van der Waals surface area contributed by atoms with Crippen LogP contribution in [0, 0.1) is 0 Å². The van der Waals surface area contributed by atoms with Crippen LogP contribution in [0.4, 0.5) is 0 Å². The van der Waals surface area contributed by atoms with Crippen molar-refractivity contribution in [2.75, 3.05) is 7.05 Å². The van der Waals surface area contributed by atoms with E-state index in [0.717, 1.165) is 25.5 Å². The molecule has 0 aliphatic rings. The summed E-state index contributed by atoms with van der Waals surface area (Å²) in [5, 5.41) is 3.44. The van der Waals surface area contributed by atoms with Gasteiger partial charge in [0.25, 0.3) is 0 Å². The summed E-state index contributed by atoms with van der Waals surface area (Å²) in [7, 11) is 4.16.